The van der Waals surface area contributed by atoms with Crippen molar-refractivity contribution in [2.45, 2.75) is 39.3 Å². The highest BCUT2D eigenvalue weighted by Crippen LogP contribution is 2.46. The van der Waals surface area contributed by atoms with Crippen LogP contribution in [0.5, 0.6) is 0 Å². The molecular weight excluding hydrogens is 260 g/mol. The fraction of sp³-hybridized carbons (Fsp3) is 0.538. The molecule has 0 saturated heterocycles. The Labute approximate surface area is 111 Å². The lowest BCUT2D eigenvalue weighted by atomic mass is 10.1. The summed E-state index contributed by atoms with van der Waals surface area (Å²) in [5.74, 6) is -0.422. The van der Waals surface area contributed by atoms with Gasteiger partial charge in [0.1, 0.15) is 5.82 Å². The van der Waals surface area contributed by atoms with E-state index in [4.69, 9.17) is 23.2 Å². The lowest BCUT2D eigenvalue weighted by Gasteiger charge is -2.18. The molecule has 0 heterocycles. The van der Waals surface area contributed by atoms with Crippen molar-refractivity contribution < 1.29 is 4.39 Å². The van der Waals surface area contributed by atoms with Crippen LogP contribution in [0.15, 0.2) is 12.1 Å². The molecule has 0 radical (unpaired) electrons. The van der Waals surface area contributed by atoms with Crippen LogP contribution < -0.4 is 5.32 Å². The van der Waals surface area contributed by atoms with E-state index in [1.54, 1.807) is 6.07 Å². The topological polar surface area (TPSA) is 12.0 Å². The second-order valence-electron chi connectivity index (χ2n) is 5.39. The van der Waals surface area contributed by atoms with Gasteiger partial charge in [-0.15, -0.1) is 0 Å². The minimum absolute atomic E-state index is 0.0440. The molecule has 1 nitrogen and oxygen atoms in total. The zero-order valence-electron chi connectivity index (χ0n) is 10.2. The highest BCUT2D eigenvalue weighted by atomic mass is 35.5. The Morgan fingerprint density at radius 1 is 1.41 bits per heavy atom. The van der Waals surface area contributed by atoms with E-state index in [-0.39, 0.29) is 11.1 Å². The van der Waals surface area contributed by atoms with E-state index < -0.39 is 5.82 Å². The van der Waals surface area contributed by atoms with E-state index in [0.29, 0.717) is 22.0 Å². The van der Waals surface area contributed by atoms with Crippen LogP contribution in [0.25, 0.3) is 0 Å². The first-order chi connectivity index (χ1) is 7.83. The first-order valence-electron chi connectivity index (χ1n) is 5.72. The van der Waals surface area contributed by atoms with E-state index >= 15 is 0 Å². The Bertz CT molecular complexity index is 445. The van der Waals surface area contributed by atoms with Gasteiger partial charge in [-0.3, -0.25) is 0 Å². The van der Waals surface area contributed by atoms with Crippen molar-refractivity contribution in [3.63, 3.8) is 0 Å². The lowest BCUT2D eigenvalue weighted by molar-refractivity contribution is 0.490. The summed E-state index contributed by atoms with van der Waals surface area (Å²) in [6, 6.07) is 3.25. The zero-order valence-corrected chi connectivity index (χ0v) is 11.7. The molecular formula is C13H16Cl2FN. The van der Waals surface area contributed by atoms with Gasteiger partial charge in [0.15, 0.2) is 0 Å². The van der Waals surface area contributed by atoms with Crippen LogP contribution in [-0.2, 0) is 0 Å². The molecule has 2 rings (SSSR count). The molecule has 1 aromatic carbocycles. The average Bonchev–Trinajstić information content (AvgIpc) is 2.80. The van der Waals surface area contributed by atoms with Crippen LogP contribution in [0, 0.1) is 11.2 Å². The van der Waals surface area contributed by atoms with Gasteiger partial charge in [-0.25, -0.2) is 4.39 Å². The smallest absolute Gasteiger partial charge is 0.142 e. The van der Waals surface area contributed by atoms with Gasteiger partial charge in [0.25, 0.3) is 0 Å². The third kappa shape index (κ3) is 2.59. The minimum atomic E-state index is -0.422. The Balaban J connectivity index is 2.19. The van der Waals surface area contributed by atoms with Gasteiger partial charge in [-0.05, 0) is 30.9 Å². The second-order valence-corrected chi connectivity index (χ2v) is 6.18. The first kappa shape index (κ1) is 13.1. The summed E-state index contributed by atoms with van der Waals surface area (Å²) >= 11 is 12.0. The third-order valence-corrected chi connectivity index (χ3v) is 4.19. The molecule has 1 aliphatic carbocycles. The molecule has 1 aliphatic rings. The molecule has 0 amide bonds. The standard InChI is InChI=1S/C13H16Cl2FN/c1-7(17-10-6-13(10,2)3)11-8(14)4-5-9(16)12(11)15/h4-5,7,10,17H,6H2,1-3H3. The van der Waals surface area contributed by atoms with E-state index in [0.717, 1.165) is 6.42 Å². The van der Waals surface area contributed by atoms with E-state index in [2.05, 4.69) is 19.2 Å². The highest BCUT2D eigenvalue weighted by Gasteiger charge is 2.46. The van der Waals surface area contributed by atoms with Gasteiger partial charge in [0.05, 0.1) is 5.02 Å². The second kappa shape index (κ2) is 4.42. The number of hydrogen-bond acceptors (Lipinski definition) is 1. The largest absolute Gasteiger partial charge is 0.307 e. The van der Waals surface area contributed by atoms with Crippen LogP contribution >= 0.6 is 23.2 Å². The molecule has 0 bridgehead atoms. The fourth-order valence-electron chi connectivity index (χ4n) is 2.08. The summed E-state index contributed by atoms with van der Waals surface area (Å²) in [4.78, 5) is 0. The highest BCUT2D eigenvalue weighted by molar-refractivity contribution is 6.36. The molecule has 1 aromatic rings. The van der Waals surface area contributed by atoms with Crippen molar-refractivity contribution in [3.8, 4) is 0 Å². The molecule has 94 valence electrons. The molecule has 0 spiro atoms. The number of hydrogen-bond donors (Lipinski definition) is 1. The Morgan fingerprint density at radius 3 is 2.53 bits per heavy atom. The predicted octanol–water partition coefficient (Wildman–Crippen LogP) is 4.58. The first-order valence-corrected chi connectivity index (χ1v) is 6.48. The quantitative estimate of drug-likeness (QED) is 0.797. The van der Waals surface area contributed by atoms with Crippen molar-refractivity contribution in [3.05, 3.63) is 33.6 Å². The monoisotopic (exact) mass is 275 g/mol. The van der Waals surface area contributed by atoms with Crippen LogP contribution in [0.2, 0.25) is 10.0 Å². The van der Waals surface area contributed by atoms with Crippen molar-refractivity contribution >= 4 is 23.2 Å². The van der Waals surface area contributed by atoms with Gasteiger partial charge >= 0.3 is 0 Å². The number of benzene rings is 1. The Hall–Kier alpha value is -0.310. The van der Waals surface area contributed by atoms with Gasteiger partial charge in [0.2, 0.25) is 0 Å². The van der Waals surface area contributed by atoms with Gasteiger partial charge < -0.3 is 5.32 Å². The molecule has 4 heteroatoms. The maximum atomic E-state index is 13.4. The summed E-state index contributed by atoms with van der Waals surface area (Å²) in [5, 5.41) is 4.06. The molecule has 1 fully saturated rings. The van der Waals surface area contributed by atoms with Crippen LogP contribution in [0.1, 0.15) is 38.8 Å². The number of nitrogens with one attached hydrogen (secondary N) is 1. The van der Waals surface area contributed by atoms with E-state index in [9.17, 15) is 4.39 Å². The molecule has 2 unspecified atom stereocenters. The average molecular weight is 276 g/mol. The molecule has 2 atom stereocenters. The third-order valence-electron chi connectivity index (χ3n) is 3.48. The Morgan fingerprint density at radius 2 is 2.00 bits per heavy atom. The lowest BCUT2D eigenvalue weighted by Crippen LogP contribution is -2.24. The predicted molar refractivity (Wildman–Crippen MR) is 70.2 cm³/mol. The summed E-state index contributed by atoms with van der Waals surface area (Å²) in [6.45, 7) is 6.36. The Kier molecular flexibility index (Phi) is 3.41. The fourth-order valence-corrected chi connectivity index (χ4v) is 2.77. The van der Waals surface area contributed by atoms with E-state index in [1.807, 2.05) is 6.92 Å². The van der Waals surface area contributed by atoms with Crippen molar-refractivity contribution in [1.82, 2.24) is 5.32 Å². The summed E-state index contributed by atoms with van der Waals surface area (Å²) < 4.78 is 13.4. The molecule has 0 aromatic heterocycles. The van der Waals surface area contributed by atoms with Gasteiger partial charge in [-0.2, -0.15) is 0 Å². The molecule has 17 heavy (non-hydrogen) atoms. The van der Waals surface area contributed by atoms with Crippen LogP contribution in [-0.4, -0.2) is 6.04 Å². The molecule has 1 saturated carbocycles. The minimum Gasteiger partial charge on any atom is -0.307 e. The summed E-state index contributed by atoms with van der Waals surface area (Å²) in [6.07, 6.45) is 1.13. The molecule has 0 aliphatic heterocycles. The van der Waals surface area contributed by atoms with Crippen molar-refractivity contribution in [2.75, 3.05) is 0 Å². The van der Waals surface area contributed by atoms with Crippen molar-refractivity contribution in [2.24, 2.45) is 5.41 Å². The summed E-state index contributed by atoms with van der Waals surface area (Å²) in [7, 11) is 0. The zero-order chi connectivity index (χ0) is 12.8. The summed E-state index contributed by atoms with van der Waals surface area (Å²) in [5.41, 5.74) is 0.969. The maximum Gasteiger partial charge on any atom is 0.142 e. The number of rotatable bonds is 3. The maximum absolute atomic E-state index is 13.4. The molecule has 1 N–H and O–H groups in total. The number of halogens is 3. The van der Waals surface area contributed by atoms with Crippen LogP contribution in [0.3, 0.4) is 0 Å². The van der Waals surface area contributed by atoms with Gasteiger partial charge in [-0.1, -0.05) is 37.0 Å². The SMILES string of the molecule is CC(NC1CC1(C)C)c1c(Cl)ccc(F)c1Cl. The van der Waals surface area contributed by atoms with E-state index in [1.165, 1.54) is 6.07 Å². The normalized spacial score (nSPS) is 23.5. The van der Waals surface area contributed by atoms with Crippen LogP contribution in [0.4, 0.5) is 4.39 Å². The van der Waals surface area contributed by atoms with Crippen molar-refractivity contribution in [1.29, 1.82) is 0 Å². The van der Waals surface area contributed by atoms with Gasteiger partial charge in [0, 0.05) is 22.7 Å².